The Hall–Kier alpha value is -1.89. The molecule has 1 aromatic rings. The molecule has 0 N–H and O–H groups in total. The molecule has 102 valence electrons. The highest BCUT2D eigenvalue weighted by Gasteiger charge is 1.98. The minimum absolute atomic E-state index is 0.000564. The molecule has 1 aromatic carbocycles. The maximum Gasteiger partial charge on any atom is 0.159 e. The average molecular weight is 256 g/mol. The molecule has 1 heteroatoms. The van der Waals surface area contributed by atoms with Gasteiger partial charge in [0.25, 0.3) is 0 Å². The molecule has 0 amide bonds. The van der Waals surface area contributed by atoms with Gasteiger partial charge in [-0.15, -0.1) is 0 Å². The fourth-order valence-corrected chi connectivity index (χ4v) is 1.41. The molecule has 0 atom stereocenters. The number of Topliss-reactive ketones (excluding diaryl/α,β-unsaturated/α-hetero) is 1. The van der Waals surface area contributed by atoms with Crippen molar-refractivity contribution in [3.63, 3.8) is 0 Å². The van der Waals surface area contributed by atoms with E-state index >= 15 is 0 Å². The molecular weight excluding hydrogens is 232 g/mol. The summed E-state index contributed by atoms with van der Waals surface area (Å²) in [6, 6.07) is 8.30. The van der Waals surface area contributed by atoms with Crippen LogP contribution in [-0.4, -0.2) is 5.78 Å². The van der Waals surface area contributed by atoms with Crippen molar-refractivity contribution >= 4 is 11.4 Å². The van der Waals surface area contributed by atoms with Crippen LogP contribution in [0.25, 0.3) is 5.57 Å². The van der Waals surface area contributed by atoms with Crippen molar-refractivity contribution in [2.45, 2.75) is 34.6 Å². The van der Waals surface area contributed by atoms with E-state index in [4.69, 9.17) is 0 Å². The largest absolute Gasteiger partial charge is 0.295 e. The third kappa shape index (κ3) is 6.01. The molecular formula is C18H24O. The smallest absolute Gasteiger partial charge is 0.159 e. The SMILES string of the molecule is C=C(/C=C\C(=C/C)c1ccc(C)cc1)C(C)=O.CC. The Bertz CT molecular complexity index is 473. The van der Waals surface area contributed by atoms with E-state index in [-0.39, 0.29) is 5.78 Å². The summed E-state index contributed by atoms with van der Waals surface area (Å²) in [5.41, 5.74) is 4.00. The van der Waals surface area contributed by atoms with Gasteiger partial charge in [0.05, 0.1) is 0 Å². The summed E-state index contributed by atoms with van der Waals surface area (Å²) < 4.78 is 0. The zero-order chi connectivity index (χ0) is 14.8. The normalized spacial score (nSPS) is 10.9. The van der Waals surface area contributed by atoms with Gasteiger partial charge in [-0.1, -0.05) is 68.5 Å². The lowest BCUT2D eigenvalue weighted by atomic mass is 10.0. The van der Waals surface area contributed by atoms with Crippen molar-refractivity contribution in [3.05, 3.63) is 65.8 Å². The number of allylic oxidation sites excluding steroid dienone is 5. The van der Waals surface area contributed by atoms with Crippen LogP contribution in [0.2, 0.25) is 0 Å². The van der Waals surface area contributed by atoms with Gasteiger partial charge in [0.15, 0.2) is 5.78 Å². The van der Waals surface area contributed by atoms with Crippen LogP contribution in [0.1, 0.15) is 38.8 Å². The molecule has 0 aliphatic heterocycles. The Morgan fingerprint density at radius 1 is 1.11 bits per heavy atom. The maximum atomic E-state index is 11.1. The first-order valence-corrected chi connectivity index (χ1v) is 6.66. The zero-order valence-corrected chi connectivity index (χ0v) is 12.7. The molecule has 0 radical (unpaired) electrons. The summed E-state index contributed by atoms with van der Waals surface area (Å²) in [5.74, 6) is 0.000564. The molecule has 0 saturated carbocycles. The molecule has 0 aliphatic carbocycles. The topological polar surface area (TPSA) is 17.1 Å². The molecule has 0 heterocycles. The number of rotatable bonds is 4. The lowest BCUT2D eigenvalue weighted by Crippen LogP contribution is -1.90. The van der Waals surface area contributed by atoms with Crippen LogP contribution in [-0.2, 0) is 4.79 Å². The summed E-state index contributed by atoms with van der Waals surface area (Å²) in [6.45, 7) is 13.3. The number of hydrogen-bond donors (Lipinski definition) is 0. The van der Waals surface area contributed by atoms with Gasteiger partial charge < -0.3 is 0 Å². The first-order valence-electron chi connectivity index (χ1n) is 6.66. The highest BCUT2D eigenvalue weighted by Crippen LogP contribution is 2.17. The van der Waals surface area contributed by atoms with Crippen molar-refractivity contribution in [3.8, 4) is 0 Å². The Labute approximate surface area is 117 Å². The van der Waals surface area contributed by atoms with E-state index in [0.717, 1.165) is 11.1 Å². The fourth-order valence-electron chi connectivity index (χ4n) is 1.41. The summed E-state index contributed by atoms with van der Waals surface area (Å²) >= 11 is 0. The van der Waals surface area contributed by atoms with Crippen molar-refractivity contribution in [2.75, 3.05) is 0 Å². The quantitative estimate of drug-likeness (QED) is 0.539. The van der Waals surface area contributed by atoms with Gasteiger partial charge in [-0.2, -0.15) is 0 Å². The second-order valence-electron chi connectivity index (χ2n) is 4.02. The van der Waals surface area contributed by atoms with Crippen molar-refractivity contribution < 1.29 is 4.79 Å². The Morgan fingerprint density at radius 2 is 1.63 bits per heavy atom. The van der Waals surface area contributed by atoms with Crippen LogP contribution in [0.4, 0.5) is 0 Å². The van der Waals surface area contributed by atoms with Gasteiger partial charge >= 0.3 is 0 Å². The van der Waals surface area contributed by atoms with Crippen LogP contribution in [0.15, 0.2) is 54.6 Å². The molecule has 0 spiro atoms. The highest BCUT2D eigenvalue weighted by molar-refractivity contribution is 5.96. The van der Waals surface area contributed by atoms with Crippen LogP contribution in [0.3, 0.4) is 0 Å². The Balaban J connectivity index is 0.00000154. The second-order valence-corrected chi connectivity index (χ2v) is 4.02. The van der Waals surface area contributed by atoms with Gasteiger partial charge in [-0.3, -0.25) is 4.79 Å². The molecule has 1 nitrogen and oxygen atoms in total. The van der Waals surface area contributed by atoms with E-state index in [1.807, 2.05) is 32.9 Å². The van der Waals surface area contributed by atoms with Gasteiger partial charge in [0.2, 0.25) is 0 Å². The number of benzene rings is 1. The van der Waals surface area contributed by atoms with Crippen LogP contribution in [0.5, 0.6) is 0 Å². The number of ketones is 1. The minimum Gasteiger partial charge on any atom is -0.295 e. The maximum absolute atomic E-state index is 11.1. The Kier molecular flexibility index (Phi) is 8.19. The second kappa shape index (κ2) is 9.09. The van der Waals surface area contributed by atoms with Gasteiger partial charge in [0.1, 0.15) is 0 Å². The van der Waals surface area contributed by atoms with Crippen molar-refractivity contribution in [1.29, 1.82) is 0 Å². The molecule has 0 aromatic heterocycles. The van der Waals surface area contributed by atoms with E-state index in [9.17, 15) is 4.79 Å². The van der Waals surface area contributed by atoms with E-state index in [0.29, 0.717) is 5.57 Å². The third-order valence-electron chi connectivity index (χ3n) is 2.61. The van der Waals surface area contributed by atoms with Crippen molar-refractivity contribution in [2.24, 2.45) is 0 Å². The van der Waals surface area contributed by atoms with Gasteiger partial charge in [-0.25, -0.2) is 0 Å². The third-order valence-corrected chi connectivity index (χ3v) is 2.61. The summed E-state index contributed by atoms with van der Waals surface area (Å²) in [6.07, 6.45) is 5.71. The van der Waals surface area contributed by atoms with Crippen LogP contribution < -0.4 is 0 Å². The average Bonchev–Trinajstić information content (AvgIpc) is 2.43. The Morgan fingerprint density at radius 3 is 2.05 bits per heavy atom. The summed E-state index contributed by atoms with van der Waals surface area (Å²) in [4.78, 5) is 11.1. The molecule has 1 rings (SSSR count). The summed E-state index contributed by atoms with van der Waals surface area (Å²) in [7, 11) is 0. The first-order chi connectivity index (χ1) is 9.04. The van der Waals surface area contributed by atoms with E-state index < -0.39 is 0 Å². The standard InChI is InChI=1S/C16H18O.C2H6/c1-5-15(11-8-13(3)14(4)17)16-9-6-12(2)7-10-16;1-2/h5-11H,3H2,1-2,4H3;1-2H3/b11-8-,15-5+;. The van der Waals surface area contributed by atoms with Crippen LogP contribution >= 0.6 is 0 Å². The number of carbonyl (C=O) groups excluding carboxylic acids is 1. The number of carbonyl (C=O) groups is 1. The predicted molar refractivity (Wildman–Crippen MR) is 85.1 cm³/mol. The zero-order valence-electron chi connectivity index (χ0n) is 12.7. The van der Waals surface area contributed by atoms with Gasteiger partial charge in [0, 0.05) is 5.57 Å². The van der Waals surface area contributed by atoms with Crippen LogP contribution in [0, 0.1) is 6.92 Å². The minimum atomic E-state index is 0.000564. The molecule has 19 heavy (non-hydrogen) atoms. The first kappa shape index (κ1) is 17.1. The predicted octanol–water partition coefficient (Wildman–Crippen LogP) is 5.13. The number of hydrogen-bond acceptors (Lipinski definition) is 1. The molecule has 0 saturated heterocycles. The highest BCUT2D eigenvalue weighted by atomic mass is 16.1. The lowest BCUT2D eigenvalue weighted by molar-refractivity contribution is -0.113. The van der Waals surface area contributed by atoms with E-state index in [2.05, 4.69) is 37.8 Å². The monoisotopic (exact) mass is 256 g/mol. The van der Waals surface area contributed by atoms with E-state index in [1.165, 1.54) is 12.5 Å². The summed E-state index contributed by atoms with van der Waals surface area (Å²) in [5, 5.41) is 0. The van der Waals surface area contributed by atoms with Gasteiger partial charge in [-0.05, 0) is 31.9 Å². The molecule has 0 aliphatic rings. The molecule has 0 bridgehead atoms. The fraction of sp³-hybridized carbons (Fsp3) is 0.278. The molecule has 0 fully saturated rings. The van der Waals surface area contributed by atoms with E-state index in [1.54, 1.807) is 6.08 Å². The number of aryl methyl sites for hydroxylation is 1. The van der Waals surface area contributed by atoms with Crippen molar-refractivity contribution in [1.82, 2.24) is 0 Å². The lowest BCUT2D eigenvalue weighted by Gasteiger charge is -2.02. The molecule has 0 unspecified atom stereocenters.